The van der Waals surface area contributed by atoms with E-state index in [0.717, 1.165) is 25.3 Å². The molecule has 2 aromatic heterocycles. The van der Waals surface area contributed by atoms with E-state index in [1.807, 2.05) is 6.20 Å². The van der Waals surface area contributed by atoms with Crippen LogP contribution in [0, 0.1) is 6.92 Å². The lowest BCUT2D eigenvalue weighted by Crippen LogP contribution is -2.43. The minimum atomic E-state index is 1.04. The van der Waals surface area contributed by atoms with Crippen molar-refractivity contribution in [3.63, 3.8) is 0 Å². The Morgan fingerprint density at radius 1 is 1.17 bits per heavy atom. The van der Waals surface area contributed by atoms with E-state index in [9.17, 15) is 0 Å². The van der Waals surface area contributed by atoms with E-state index < -0.39 is 0 Å². The summed E-state index contributed by atoms with van der Waals surface area (Å²) >= 11 is 0. The monoisotopic (exact) mass is 244 g/mol. The highest BCUT2D eigenvalue weighted by Gasteiger charge is 2.14. The lowest BCUT2D eigenvalue weighted by molar-refractivity contribution is 0.148. The Morgan fingerprint density at radius 3 is 2.72 bits per heavy atom. The molecule has 0 N–H and O–H groups in total. The van der Waals surface area contributed by atoms with Gasteiger partial charge in [0.25, 0.3) is 0 Å². The number of hydrogen-bond acceptors (Lipinski definition) is 3. The molecule has 0 aliphatic carbocycles. The number of fused-ring (bicyclic) bond motifs is 1. The van der Waals surface area contributed by atoms with E-state index in [1.54, 1.807) is 0 Å². The maximum absolute atomic E-state index is 4.36. The molecular weight excluding hydrogens is 224 g/mol. The van der Waals surface area contributed by atoms with Gasteiger partial charge in [-0.25, -0.2) is 4.98 Å². The predicted molar refractivity (Wildman–Crippen MR) is 72.7 cm³/mol. The summed E-state index contributed by atoms with van der Waals surface area (Å²) in [5.74, 6) is 0. The number of pyridine rings is 1. The quantitative estimate of drug-likeness (QED) is 0.797. The highest BCUT2D eigenvalue weighted by Crippen LogP contribution is 2.11. The first-order valence-corrected chi connectivity index (χ1v) is 6.56. The average molecular weight is 244 g/mol. The van der Waals surface area contributed by atoms with E-state index >= 15 is 0 Å². The average Bonchev–Trinajstić information content (AvgIpc) is 2.74. The van der Waals surface area contributed by atoms with Crippen molar-refractivity contribution in [3.8, 4) is 0 Å². The lowest BCUT2D eigenvalue weighted by Gasteiger charge is -2.32. The van der Waals surface area contributed by atoms with E-state index in [1.165, 1.54) is 24.3 Å². The number of rotatable bonds is 2. The Bertz CT molecular complexity index is 538. The Morgan fingerprint density at radius 2 is 1.94 bits per heavy atom. The molecule has 0 bridgehead atoms. The van der Waals surface area contributed by atoms with Crippen LogP contribution in [0.4, 0.5) is 0 Å². The summed E-state index contributed by atoms with van der Waals surface area (Å²) in [4.78, 5) is 9.27. The zero-order chi connectivity index (χ0) is 12.5. The van der Waals surface area contributed by atoms with Crippen LogP contribution in [-0.4, -0.2) is 52.4 Å². The van der Waals surface area contributed by atoms with Crippen molar-refractivity contribution >= 4 is 5.65 Å². The number of nitrogens with zero attached hydrogens (tertiary/aromatic N) is 4. The summed E-state index contributed by atoms with van der Waals surface area (Å²) in [6, 6.07) is 4.30. The van der Waals surface area contributed by atoms with Crippen molar-refractivity contribution in [3.05, 3.63) is 35.8 Å². The smallest absolute Gasteiger partial charge is 0.136 e. The number of likely N-dealkylation sites (N-methyl/N-ethyl adjacent to an activating group) is 1. The van der Waals surface area contributed by atoms with Gasteiger partial charge >= 0.3 is 0 Å². The van der Waals surface area contributed by atoms with Gasteiger partial charge in [0.05, 0.1) is 0 Å². The van der Waals surface area contributed by atoms with Gasteiger partial charge in [0, 0.05) is 50.8 Å². The van der Waals surface area contributed by atoms with Crippen molar-refractivity contribution in [2.45, 2.75) is 13.5 Å². The van der Waals surface area contributed by atoms with E-state index in [-0.39, 0.29) is 0 Å². The van der Waals surface area contributed by atoms with Crippen molar-refractivity contribution in [1.82, 2.24) is 19.2 Å². The fourth-order valence-electron chi connectivity index (χ4n) is 2.50. The molecule has 1 fully saturated rings. The molecule has 4 nitrogen and oxygen atoms in total. The molecule has 0 aromatic carbocycles. The van der Waals surface area contributed by atoms with Crippen LogP contribution in [0.5, 0.6) is 0 Å². The molecule has 0 unspecified atom stereocenters. The predicted octanol–water partition coefficient (Wildman–Crippen LogP) is 1.39. The molecule has 1 aliphatic heterocycles. The van der Waals surface area contributed by atoms with Crippen molar-refractivity contribution in [2.24, 2.45) is 0 Å². The molecule has 1 aliphatic rings. The lowest BCUT2D eigenvalue weighted by atomic mass is 10.2. The molecular formula is C14H20N4. The molecule has 3 rings (SSSR count). The number of aromatic nitrogens is 2. The summed E-state index contributed by atoms with van der Waals surface area (Å²) < 4.78 is 2.17. The van der Waals surface area contributed by atoms with Crippen LogP contribution < -0.4 is 0 Å². The maximum Gasteiger partial charge on any atom is 0.136 e. The summed E-state index contributed by atoms with van der Waals surface area (Å²) in [5, 5.41) is 0. The Balaban J connectivity index is 1.76. The fourth-order valence-corrected chi connectivity index (χ4v) is 2.50. The van der Waals surface area contributed by atoms with Crippen LogP contribution >= 0.6 is 0 Å². The maximum atomic E-state index is 4.36. The molecule has 0 amide bonds. The van der Waals surface area contributed by atoms with Gasteiger partial charge in [0.2, 0.25) is 0 Å². The standard InChI is InChI=1S/C14H20N4/c1-12-9-15-14-4-3-13(11-18(12)14)10-17-7-5-16(2)6-8-17/h3-4,9,11H,5-8,10H2,1-2H3. The molecule has 0 saturated carbocycles. The summed E-state index contributed by atoms with van der Waals surface area (Å²) in [6.45, 7) is 7.81. The van der Waals surface area contributed by atoms with Crippen LogP contribution in [0.1, 0.15) is 11.3 Å². The number of aryl methyl sites for hydroxylation is 1. The molecule has 0 spiro atoms. The van der Waals surface area contributed by atoms with Crippen molar-refractivity contribution < 1.29 is 0 Å². The minimum absolute atomic E-state index is 1.04. The molecule has 3 heterocycles. The third-order valence-electron chi connectivity index (χ3n) is 3.75. The highest BCUT2D eigenvalue weighted by atomic mass is 15.2. The first-order valence-electron chi connectivity index (χ1n) is 6.56. The molecule has 0 radical (unpaired) electrons. The van der Waals surface area contributed by atoms with Gasteiger partial charge < -0.3 is 9.30 Å². The fraction of sp³-hybridized carbons (Fsp3) is 0.500. The first-order chi connectivity index (χ1) is 8.72. The highest BCUT2D eigenvalue weighted by molar-refractivity contribution is 5.41. The third kappa shape index (κ3) is 2.26. The van der Waals surface area contributed by atoms with E-state index in [2.05, 4.69) is 51.5 Å². The number of piperazine rings is 1. The van der Waals surface area contributed by atoms with Gasteiger partial charge in [-0.15, -0.1) is 0 Å². The summed E-state index contributed by atoms with van der Waals surface area (Å²) in [5.41, 5.74) is 3.60. The largest absolute Gasteiger partial charge is 0.304 e. The molecule has 4 heteroatoms. The SMILES string of the molecule is Cc1cnc2ccc(CN3CCN(C)CC3)cn12. The van der Waals surface area contributed by atoms with Gasteiger partial charge in [0.15, 0.2) is 0 Å². The van der Waals surface area contributed by atoms with Gasteiger partial charge in [0.1, 0.15) is 5.65 Å². The normalized spacial score (nSPS) is 18.6. The third-order valence-corrected chi connectivity index (χ3v) is 3.75. The van der Waals surface area contributed by atoms with Gasteiger partial charge in [-0.3, -0.25) is 4.90 Å². The van der Waals surface area contributed by atoms with Gasteiger partial charge in [-0.05, 0) is 25.6 Å². The first kappa shape index (κ1) is 11.7. The Labute approximate surface area is 108 Å². The topological polar surface area (TPSA) is 23.8 Å². The summed E-state index contributed by atoms with van der Waals surface area (Å²) in [7, 11) is 2.19. The van der Waals surface area contributed by atoms with Crippen LogP contribution in [0.25, 0.3) is 5.65 Å². The van der Waals surface area contributed by atoms with Crippen LogP contribution in [0.15, 0.2) is 24.5 Å². The Hall–Kier alpha value is -1.39. The molecule has 96 valence electrons. The second-order valence-corrected chi connectivity index (χ2v) is 5.24. The van der Waals surface area contributed by atoms with Crippen LogP contribution in [0.3, 0.4) is 0 Å². The Kier molecular flexibility index (Phi) is 3.06. The van der Waals surface area contributed by atoms with Crippen molar-refractivity contribution in [1.29, 1.82) is 0 Å². The number of hydrogen-bond donors (Lipinski definition) is 0. The number of imidazole rings is 1. The van der Waals surface area contributed by atoms with E-state index in [0.29, 0.717) is 0 Å². The zero-order valence-electron chi connectivity index (χ0n) is 11.1. The molecule has 18 heavy (non-hydrogen) atoms. The second-order valence-electron chi connectivity index (χ2n) is 5.24. The molecule has 0 atom stereocenters. The van der Waals surface area contributed by atoms with Crippen molar-refractivity contribution in [2.75, 3.05) is 33.2 Å². The van der Waals surface area contributed by atoms with E-state index in [4.69, 9.17) is 0 Å². The van der Waals surface area contributed by atoms with Crippen LogP contribution in [-0.2, 0) is 6.54 Å². The molecule has 2 aromatic rings. The minimum Gasteiger partial charge on any atom is -0.304 e. The molecule has 1 saturated heterocycles. The van der Waals surface area contributed by atoms with Crippen LogP contribution in [0.2, 0.25) is 0 Å². The summed E-state index contributed by atoms with van der Waals surface area (Å²) in [6.07, 6.45) is 4.14. The van der Waals surface area contributed by atoms with Gasteiger partial charge in [-0.1, -0.05) is 6.07 Å². The van der Waals surface area contributed by atoms with Gasteiger partial charge in [-0.2, -0.15) is 0 Å². The second kappa shape index (κ2) is 4.71. The zero-order valence-corrected chi connectivity index (χ0v) is 11.1.